The Balaban J connectivity index is 2.54. The van der Waals surface area contributed by atoms with Crippen LogP contribution in [0.15, 0.2) is 24.3 Å². The van der Waals surface area contributed by atoms with Gasteiger partial charge in [0.2, 0.25) is 5.91 Å². The number of halogens is 4. The molecule has 104 valence electrons. The van der Waals surface area contributed by atoms with Crippen molar-refractivity contribution in [3.05, 3.63) is 39.9 Å². The van der Waals surface area contributed by atoms with Crippen LogP contribution in [0.4, 0.5) is 8.78 Å². The minimum atomic E-state index is -2.89. The van der Waals surface area contributed by atoms with Crippen LogP contribution in [0.5, 0.6) is 0 Å². The first-order valence-electron chi connectivity index (χ1n) is 5.27. The van der Waals surface area contributed by atoms with E-state index in [2.05, 4.69) is 5.32 Å². The molecule has 1 aromatic carbocycles. The maximum Gasteiger partial charge on any atom is 0.265 e. The number of carbonyl (C=O) groups excluding carboxylic acids is 1. The molecule has 0 saturated carbocycles. The average Bonchev–Trinajstić information content (AvgIpc) is 2.34. The lowest BCUT2D eigenvalue weighted by molar-refractivity contribution is -0.117. The van der Waals surface area contributed by atoms with Crippen molar-refractivity contribution >= 4 is 35.2 Å². The van der Waals surface area contributed by atoms with Gasteiger partial charge < -0.3 is 10.4 Å². The molecule has 0 radical (unpaired) electrons. The summed E-state index contributed by atoms with van der Waals surface area (Å²) in [6.45, 7) is -0.519. The fourth-order valence-electron chi connectivity index (χ4n) is 1.16. The van der Waals surface area contributed by atoms with Crippen LogP contribution < -0.4 is 5.32 Å². The predicted molar refractivity (Wildman–Crippen MR) is 70.5 cm³/mol. The van der Waals surface area contributed by atoms with E-state index in [0.717, 1.165) is 6.08 Å². The number of nitrogens with one attached hydrogen (secondary N) is 1. The number of hydrogen-bond acceptors (Lipinski definition) is 2. The van der Waals surface area contributed by atoms with Crippen molar-refractivity contribution in [2.75, 3.05) is 6.54 Å². The Morgan fingerprint density at radius 2 is 2.11 bits per heavy atom. The van der Waals surface area contributed by atoms with Gasteiger partial charge in [0.05, 0.1) is 0 Å². The van der Waals surface area contributed by atoms with Crippen molar-refractivity contribution in [1.82, 2.24) is 5.32 Å². The van der Waals surface area contributed by atoms with Crippen LogP contribution in [0.2, 0.25) is 10.0 Å². The lowest BCUT2D eigenvalue weighted by Crippen LogP contribution is -2.34. The third-order valence-electron chi connectivity index (χ3n) is 2.15. The average molecular weight is 310 g/mol. The molecule has 0 aromatic heterocycles. The number of carbonyl (C=O) groups is 1. The van der Waals surface area contributed by atoms with Crippen molar-refractivity contribution in [2.45, 2.75) is 12.5 Å². The monoisotopic (exact) mass is 309 g/mol. The number of hydrogen-bond donors (Lipinski definition) is 2. The molecule has 1 atom stereocenters. The van der Waals surface area contributed by atoms with Crippen molar-refractivity contribution in [3.8, 4) is 0 Å². The van der Waals surface area contributed by atoms with E-state index in [0.29, 0.717) is 15.6 Å². The topological polar surface area (TPSA) is 49.3 Å². The summed E-state index contributed by atoms with van der Waals surface area (Å²) in [6.07, 6.45) is -2.22. The number of amides is 1. The third-order valence-corrected chi connectivity index (χ3v) is 2.72. The molecule has 0 fully saturated rings. The van der Waals surface area contributed by atoms with Crippen LogP contribution in [0.3, 0.4) is 0 Å². The van der Waals surface area contributed by atoms with E-state index >= 15 is 0 Å². The Bertz CT molecular complexity index is 481. The van der Waals surface area contributed by atoms with Gasteiger partial charge in [-0.05, 0) is 23.8 Å². The van der Waals surface area contributed by atoms with Gasteiger partial charge in [-0.3, -0.25) is 4.79 Å². The molecule has 1 unspecified atom stereocenters. The Labute approximate surface area is 118 Å². The van der Waals surface area contributed by atoms with Gasteiger partial charge in [0.1, 0.15) is 6.10 Å². The van der Waals surface area contributed by atoms with E-state index in [-0.39, 0.29) is 0 Å². The van der Waals surface area contributed by atoms with Crippen LogP contribution in [-0.2, 0) is 4.79 Å². The zero-order chi connectivity index (χ0) is 14.4. The summed E-state index contributed by atoms with van der Waals surface area (Å²) >= 11 is 11.6. The molecule has 0 aliphatic heterocycles. The molecule has 1 rings (SSSR count). The third kappa shape index (κ3) is 5.55. The molecule has 3 nitrogen and oxygen atoms in total. The molecule has 0 bridgehead atoms. The SMILES string of the molecule is O=C(/C=C/c1ccc(Cl)cc1Cl)NCC(O)C(F)F. The van der Waals surface area contributed by atoms with Crippen molar-refractivity contribution < 1.29 is 18.7 Å². The lowest BCUT2D eigenvalue weighted by atomic mass is 10.2. The standard InChI is InChI=1S/C12H11Cl2F2NO2/c13-8-3-1-7(9(14)5-8)2-4-11(19)17-6-10(18)12(15)16/h1-5,10,12,18H,6H2,(H,17,19)/b4-2+. The first kappa shape index (κ1) is 15.9. The number of alkyl halides is 2. The summed E-state index contributed by atoms with van der Waals surface area (Å²) in [7, 11) is 0. The van der Waals surface area contributed by atoms with Crippen LogP contribution in [0.1, 0.15) is 5.56 Å². The Kier molecular flexibility index (Phi) is 6.21. The maximum absolute atomic E-state index is 12.0. The molecule has 1 amide bonds. The van der Waals surface area contributed by atoms with Gasteiger partial charge in [-0.15, -0.1) is 0 Å². The Morgan fingerprint density at radius 3 is 2.68 bits per heavy atom. The molecule has 1 aromatic rings. The molecule has 19 heavy (non-hydrogen) atoms. The highest BCUT2D eigenvalue weighted by molar-refractivity contribution is 6.35. The number of aliphatic hydroxyl groups excluding tert-OH is 1. The van der Waals surface area contributed by atoms with Gasteiger partial charge >= 0.3 is 0 Å². The van der Waals surface area contributed by atoms with Crippen LogP contribution >= 0.6 is 23.2 Å². The molecule has 7 heteroatoms. The van der Waals surface area contributed by atoms with E-state index in [4.69, 9.17) is 28.3 Å². The summed E-state index contributed by atoms with van der Waals surface area (Å²) in [4.78, 5) is 11.3. The summed E-state index contributed by atoms with van der Waals surface area (Å²) in [6, 6.07) is 4.73. The normalized spacial score (nSPS) is 12.9. The Hall–Kier alpha value is -1.17. The molecule has 0 aliphatic rings. The molecule has 0 aliphatic carbocycles. The second-order valence-electron chi connectivity index (χ2n) is 3.65. The lowest BCUT2D eigenvalue weighted by Gasteiger charge is -2.08. The van der Waals surface area contributed by atoms with Gasteiger partial charge in [-0.25, -0.2) is 8.78 Å². The van der Waals surface area contributed by atoms with Crippen molar-refractivity contribution in [1.29, 1.82) is 0 Å². The van der Waals surface area contributed by atoms with Crippen LogP contribution in [0.25, 0.3) is 6.08 Å². The van der Waals surface area contributed by atoms with E-state index in [9.17, 15) is 13.6 Å². The highest BCUT2D eigenvalue weighted by Gasteiger charge is 2.16. The van der Waals surface area contributed by atoms with Crippen molar-refractivity contribution in [2.24, 2.45) is 0 Å². The molecule has 0 heterocycles. The first-order valence-corrected chi connectivity index (χ1v) is 6.03. The van der Waals surface area contributed by atoms with E-state index < -0.39 is 25.0 Å². The molecular weight excluding hydrogens is 299 g/mol. The molecule has 0 spiro atoms. The fraction of sp³-hybridized carbons (Fsp3) is 0.250. The van der Waals surface area contributed by atoms with Gasteiger partial charge in [0, 0.05) is 22.7 Å². The fourth-order valence-corrected chi connectivity index (χ4v) is 1.63. The number of rotatable bonds is 5. The summed E-state index contributed by atoms with van der Waals surface area (Å²) < 4.78 is 23.9. The van der Waals surface area contributed by atoms with Gasteiger partial charge in [-0.2, -0.15) is 0 Å². The van der Waals surface area contributed by atoms with E-state index in [1.807, 2.05) is 0 Å². The van der Waals surface area contributed by atoms with Crippen LogP contribution in [-0.4, -0.2) is 30.1 Å². The van der Waals surface area contributed by atoms with Gasteiger partial charge in [-0.1, -0.05) is 29.3 Å². The largest absolute Gasteiger partial charge is 0.385 e. The molecular formula is C12H11Cl2F2NO2. The maximum atomic E-state index is 12.0. The first-order chi connectivity index (χ1) is 8.90. The Morgan fingerprint density at radius 1 is 1.42 bits per heavy atom. The summed E-state index contributed by atoms with van der Waals surface area (Å²) in [5.74, 6) is -0.606. The van der Waals surface area contributed by atoms with Crippen LogP contribution in [0, 0.1) is 0 Å². The zero-order valence-electron chi connectivity index (χ0n) is 9.62. The number of benzene rings is 1. The second kappa shape index (κ2) is 7.43. The predicted octanol–water partition coefficient (Wildman–Crippen LogP) is 2.75. The minimum Gasteiger partial charge on any atom is -0.385 e. The highest BCUT2D eigenvalue weighted by Crippen LogP contribution is 2.21. The summed E-state index contributed by atoms with van der Waals surface area (Å²) in [5.41, 5.74) is 0.565. The molecule has 0 saturated heterocycles. The second-order valence-corrected chi connectivity index (χ2v) is 4.49. The quantitative estimate of drug-likeness (QED) is 0.822. The highest BCUT2D eigenvalue weighted by atomic mass is 35.5. The van der Waals surface area contributed by atoms with E-state index in [1.165, 1.54) is 12.1 Å². The van der Waals surface area contributed by atoms with Crippen molar-refractivity contribution in [3.63, 3.8) is 0 Å². The molecule has 2 N–H and O–H groups in total. The van der Waals surface area contributed by atoms with Gasteiger partial charge in [0.25, 0.3) is 6.43 Å². The van der Waals surface area contributed by atoms with E-state index in [1.54, 1.807) is 12.1 Å². The van der Waals surface area contributed by atoms with Gasteiger partial charge in [0.15, 0.2) is 0 Å². The smallest absolute Gasteiger partial charge is 0.265 e. The number of aliphatic hydroxyl groups is 1. The summed E-state index contributed by atoms with van der Waals surface area (Å²) in [5, 5.41) is 11.8. The minimum absolute atomic E-state index is 0.365. The zero-order valence-corrected chi connectivity index (χ0v) is 11.1.